The van der Waals surface area contributed by atoms with Crippen molar-refractivity contribution >= 4 is 11.8 Å². The number of hydrogen-bond acceptors (Lipinski definition) is 6. The van der Waals surface area contributed by atoms with Crippen LogP contribution in [0.5, 0.6) is 5.75 Å². The number of ether oxygens (including phenoxy) is 2. The minimum Gasteiger partial charge on any atom is -0.496 e. The van der Waals surface area contributed by atoms with Crippen LogP contribution >= 0.6 is 0 Å². The summed E-state index contributed by atoms with van der Waals surface area (Å²) in [6.07, 6.45) is -4.30. The number of para-hydroxylation sites is 1. The van der Waals surface area contributed by atoms with E-state index >= 15 is 0 Å². The fraction of sp³-hybridized carbons (Fsp3) is 0.524. The number of anilines is 2. The van der Waals surface area contributed by atoms with Gasteiger partial charge in [-0.15, -0.1) is 0 Å². The van der Waals surface area contributed by atoms with Crippen LogP contribution in [0.1, 0.15) is 12.0 Å². The zero-order valence-electron chi connectivity index (χ0n) is 17.3. The number of nitrogens with zero attached hydrogens (tertiary/aromatic N) is 4. The van der Waals surface area contributed by atoms with Gasteiger partial charge < -0.3 is 19.3 Å². The molecule has 2 aliphatic heterocycles. The van der Waals surface area contributed by atoms with Crippen molar-refractivity contribution in [2.24, 2.45) is 0 Å². The van der Waals surface area contributed by atoms with Gasteiger partial charge in [0.25, 0.3) is 5.56 Å². The molecule has 0 aliphatic carbocycles. The fourth-order valence-corrected chi connectivity index (χ4v) is 4.16. The van der Waals surface area contributed by atoms with Gasteiger partial charge in [0.15, 0.2) is 0 Å². The lowest BCUT2D eigenvalue weighted by atomic mass is 10.1. The van der Waals surface area contributed by atoms with Crippen LogP contribution in [0.15, 0.2) is 35.1 Å². The first kappa shape index (κ1) is 21.5. The number of hydrogen-bond donors (Lipinski definition) is 0. The second-order valence-corrected chi connectivity index (χ2v) is 7.60. The van der Waals surface area contributed by atoms with Crippen molar-refractivity contribution in [2.45, 2.75) is 31.6 Å². The van der Waals surface area contributed by atoms with E-state index in [1.165, 1.54) is 22.6 Å². The molecule has 0 spiro atoms. The summed E-state index contributed by atoms with van der Waals surface area (Å²) in [5.41, 5.74) is 0.462. The van der Waals surface area contributed by atoms with Gasteiger partial charge in [-0.1, -0.05) is 18.2 Å². The van der Waals surface area contributed by atoms with Gasteiger partial charge in [-0.2, -0.15) is 18.2 Å². The number of alkyl halides is 3. The van der Waals surface area contributed by atoms with Crippen molar-refractivity contribution in [2.75, 3.05) is 49.8 Å². The van der Waals surface area contributed by atoms with Gasteiger partial charge in [0, 0.05) is 32.2 Å². The highest BCUT2D eigenvalue weighted by molar-refractivity contribution is 5.47. The number of rotatable bonds is 5. The lowest BCUT2D eigenvalue weighted by Gasteiger charge is -2.39. The van der Waals surface area contributed by atoms with Crippen LogP contribution in [0, 0.1) is 0 Å². The van der Waals surface area contributed by atoms with Crippen molar-refractivity contribution < 1.29 is 22.6 Å². The Labute approximate surface area is 178 Å². The van der Waals surface area contributed by atoms with Crippen molar-refractivity contribution in [1.82, 2.24) is 9.55 Å². The van der Waals surface area contributed by atoms with Gasteiger partial charge in [0.2, 0.25) is 5.95 Å². The number of benzene rings is 1. The van der Waals surface area contributed by atoms with E-state index in [1.807, 2.05) is 23.1 Å². The van der Waals surface area contributed by atoms with E-state index < -0.39 is 12.2 Å². The second-order valence-electron chi connectivity index (χ2n) is 7.60. The average molecular weight is 438 g/mol. The molecular formula is C21H25F3N4O3. The normalized spacial score (nSPS) is 19.3. The largest absolute Gasteiger partial charge is 0.496 e. The standard InChI is InChI=1S/C21H25F3N4O3/c1-30-16-5-3-2-4-15(16)6-8-27-17(21(22,23)24)7-9-28-19(29)14-18(25-20(27)28)26-10-12-31-13-11-26/h2-5,14,17H,6-13H2,1H3. The zero-order valence-corrected chi connectivity index (χ0v) is 17.3. The van der Waals surface area contributed by atoms with E-state index in [9.17, 15) is 18.0 Å². The van der Waals surface area contributed by atoms with Gasteiger partial charge in [0.05, 0.1) is 20.3 Å². The molecule has 0 amide bonds. The molecule has 0 radical (unpaired) electrons. The molecule has 31 heavy (non-hydrogen) atoms. The first-order valence-corrected chi connectivity index (χ1v) is 10.3. The van der Waals surface area contributed by atoms with Crippen LogP contribution < -0.4 is 20.1 Å². The first-order valence-electron chi connectivity index (χ1n) is 10.3. The summed E-state index contributed by atoms with van der Waals surface area (Å²) in [4.78, 5) is 20.4. The molecule has 7 nitrogen and oxygen atoms in total. The van der Waals surface area contributed by atoms with Crippen LogP contribution in [-0.4, -0.2) is 61.7 Å². The number of fused-ring (bicyclic) bond motifs is 1. The maximum Gasteiger partial charge on any atom is 0.408 e. The fourth-order valence-electron chi connectivity index (χ4n) is 4.16. The summed E-state index contributed by atoms with van der Waals surface area (Å²) in [7, 11) is 1.53. The number of morpholine rings is 1. The molecule has 10 heteroatoms. The molecule has 2 aromatic rings. The lowest BCUT2D eigenvalue weighted by Crippen LogP contribution is -2.53. The van der Waals surface area contributed by atoms with E-state index in [4.69, 9.17) is 9.47 Å². The molecule has 2 aliphatic rings. The van der Waals surface area contributed by atoms with Crippen LogP contribution in [0.25, 0.3) is 0 Å². The molecule has 0 bridgehead atoms. The molecule has 1 aromatic heterocycles. The SMILES string of the molecule is COc1ccccc1CCN1c2nc(N3CCOCC3)cc(=O)n2CCC1C(F)(F)F. The van der Waals surface area contributed by atoms with Gasteiger partial charge >= 0.3 is 6.18 Å². The Morgan fingerprint density at radius 1 is 1.19 bits per heavy atom. The molecule has 168 valence electrons. The maximum absolute atomic E-state index is 13.9. The predicted molar refractivity (Wildman–Crippen MR) is 110 cm³/mol. The monoisotopic (exact) mass is 438 g/mol. The van der Waals surface area contributed by atoms with E-state index in [2.05, 4.69) is 4.98 Å². The van der Waals surface area contributed by atoms with Crippen LogP contribution in [0.4, 0.5) is 24.9 Å². The lowest BCUT2D eigenvalue weighted by molar-refractivity contribution is -0.152. The molecule has 0 N–H and O–H groups in total. The highest BCUT2D eigenvalue weighted by Gasteiger charge is 2.46. The summed E-state index contributed by atoms with van der Waals surface area (Å²) in [5, 5.41) is 0. The third-order valence-corrected chi connectivity index (χ3v) is 5.76. The van der Waals surface area contributed by atoms with E-state index in [0.29, 0.717) is 44.3 Å². The Balaban J connectivity index is 1.70. The molecule has 1 unspecified atom stereocenters. The Bertz CT molecular complexity index is 973. The van der Waals surface area contributed by atoms with Crippen LogP contribution in [-0.2, 0) is 17.7 Å². The smallest absolute Gasteiger partial charge is 0.408 e. The molecule has 0 saturated carbocycles. The summed E-state index contributed by atoms with van der Waals surface area (Å²) < 4.78 is 53.7. The zero-order chi connectivity index (χ0) is 22.0. The third-order valence-electron chi connectivity index (χ3n) is 5.76. The molecule has 1 atom stereocenters. The molecule has 1 fully saturated rings. The van der Waals surface area contributed by atoms with Crippen molar-refractivity contribution in [3.63, 3.8) is 0 Å². The highest BCUT2D eigenvalue weighted by Crippen LogP contribution is 2.34. The molecule has 4 rings (SSSR count). The first-order chi connectivity index (χ1) is 14.9. The summed E-state index contributed by atoms with van der Waals surface area (Å²) in [6.45, 7) is 2.11. The predicted octanol–water partition coefficient (Wildman–Crippen LogP) is 2.47. The Morgan fingerprint density at radius 3 is 2.65 bits per heavy atom. The van der Waals surface area contributed by atoms with Gasteiger partial charge in [-0.25, -0.2) is 0 Å². The maximum atomic E-state index is 13.9. The Kier molecular flexibility index (Phi) is 6.08. The third kappa shape index (κ3) is 4.48. The minimum atomic E-state index is -4.43. The second kappa shape index (κ2) is 8.78. The van der Waals surface area contributed by atoms with Gasteiger partial charge in [0.1, 0.15) is 17.6 Å². The van der Waals surface area contributed by atoms with E-state index in [0.717, 1.165) is 5.56 Å². The number of methoxy groups -OCH3 is 1. The Morgan fingerprint density at radius 2 is 1.94 bits per heavy atom. The molecule has 3 heterocycles. The molecule has 1 saturated heterocycles. The van der Waals surface area contributed by atoms with E-state index in [1.54, 1.807) is 6.07 Å². The quantitative estimate of drug-likeness (QED) is 0.715. The summed E-state index contributed by atoms with van der Waals surface area (Å²) in [5.74, 6) is 1.08. The molecule has 1 aromatic carbocycles. The van der Waals surface area contributed by atoms with Crippen LogP contribution in [0.2, 0.25) is 0 Å². The number of aromatic nitrogens is 2. The minimum absolute atomic E-state index is 0.0140. The van der Waals surface area contributed by atoms with Gasteiger partial charge in [-0.05, 0) is 24.5 Å². The van der Waals surface area contributed by atoms with E-state index in [-0.39, 0.29) is 31.0 Å². The van der Waals surface area contributed by atoms with Crippen molar-refractivity contribution in [3.8, 4) is 5.75 Å². The average Bonchev–Trinajstić information content (AvgIpc) is 2.77. The molecular weight excluding hydrogens is 413 g/mol. The highest BCUT2D eigenvalue weighted by atomic mass is 19.4. The number of halogens is 3. The van der Waals surface area contributed by atoms with Crippen LogP contribution in [0.3, 0.4) is 0 Å². The van der Waals surface area contributed by atoms with Crippen molar-refractivity contribution in [1.29, 1.82) is 0 Å². The van der Waals surface area contributed by atoms with Gasteiger partial charge in [-0.3, -0.25) is 9.36 Å². The summed E-state index contributed by atoms with van der Waals surface area (Å²) >= 11 is 0. The topological polar surface area (TPSA) is 59.8 Å². The summed E-state index contributed by atoms with van der Waals surface area (Å²) in [6, 6.07) is 6.95. The Hall–Kier alpha value is -2.75. The van der Waals surface area contributed by atoms with Crippen molar-refractivity contribution in [3.05, 3.63) is 46.2 Å².